The van der Waals surface area contributed by atoms with Gasteiger partial charge >= 0.3 is 15.5 Å². The van der Waals surface area contributed by atoms with Crippen LogP contribution in [0.3, 0.4) is 0 Å². The van der Waals surface area contributed by atoms with E-state index in [2.05, 4.69) is 0 Å². The van der Waals surface area contributed by atoms with E-state index >= 15 is 0 Å². The fraction of sp³-hybridized carbons (Fsp3) is 0.222. The molecule has 92 valence electrons. The summed E-state index contributed by atoms with van der Waals surface area (Å²) in [7, 11) is -5.65. The van der Waals surface area contributed by atoms with Gasteiger partial charge in [-0.3, -0.25) is 4.79 Å². The minimum absolute atomic E-state index is 0.178. The molecule has 0 N–H and O–H groups in total. The molecule has 0 atom stereocenters. The van der Waals surface area contributed by atoms with Crippen LogP contribution < -0.4 is 4.31 Å². The van der Waals surface area contributed by atoms with Crippen LogP contribution in [-0.4, -0.2) is 19.8 Å². The Hall–Kier alpha value is -1.57. The third-order valence-corrected chi connectivity index (χ3v) is 3.78. The van der Waals surface area contributed by atoms with Crippen LogP contribution in [0.4, 0.5) is 18.9 Å². The summed E-state index contributed by atoms with van der Waals surface area (Å²) in [5, 5.41) is 0. The average Bonchev–Trinajstić information content (AvgIpc) is 2.51. The summed E-state index contributed by atoms with van der Waals surface area (Å²) in [4.78, 5) is 11.4. The van der Waals surface area contributed by atoms with Crippen molar-refractivity contribution in [2.24, 2.45) is 0 Å². The number of hydrogen-bond donors (Lipinski definition) is 0. The summed E-state index contributed by atoms with van der Waals surface area (Å²) in [6, 6.07) is 5.48. The number of nitrogens with zero attached hydrogens (tertiary/aromatic N) is 1. The summed E-state index contributed by atoms with van der Waals surface area (Å²) >= 11 is 0. The van der Waals surface area contributed by atoms with Gasteiger partial charge in [0, 0.05) is 0 Å². The molecule has 0 aliphatic carbocycles. The molecule has 1 heterocycles. The number of anilines is 1. The van der Waals surface area contributed by atoms with Crippen molar-refractivity contribution in [1.82, 2.24) is 0 Å². The van der Waals surface area contributed by atoms with Crippen LogP contribution in [-0.2, 0) is 21.2 Å². The Morgan fingerprint density at radius 3 is 2.35 bits per heavy atom. The summed E-state index contributed by atoms with van der Waals surface area (Å²) in [5.41, 5.74) is -5.44. The Morgan fingerprint density at radius 2 is 1.76 bits per heavy atom. The van der Waals surface area contributed by atoms with E-state index in [0.29, 0.717) is 0 Å². The van der Waals surface area contributed by atoms with E-state index in [0.717, 1.165) is 0 Å². The first-order valence-electron chi connectivity index (χ1n) is 4.47. The molecule has 0 spiro atoms. The van der Waals surface area contributed by atoms with Gasteiger partial charge in [-0.1, -0.05) is 18.2 Å². The van der Waals surface area contributed by atoms with Crippen molar-refractivity contribution in [2.45, 2.75) is 11.9 Å². The van der Waals surface area contributed by atoms with Gasteiger partial charge in [0.25, 0.3) is 0 Å². The van der Waals surface area contributed by atoms with E-state index in [9.17, 15) is 26.4 Å². The molecule has 1 aromatic carbocycles. The molecule has 1 aliphatic heterocycles. The Bertz CT molecular complexity index is 579. The predicted octanol–water partition coefficient (Wildman–Crippen LogP) is 1.43. The first kappa shape index (κ1) is 11.9. The SMILES string of the molecule is O=C1Cc2ccccc2N1S(=O)(=O)C(F)(F)F. The first-order valence-corrected chi connectivity index (χ1v) is 5.91. The minimum atomic E-state index is -5.65. The van der Waals surface area contributed by atoms with Crippen molar-refractivity contribution in [3.63, 3.8) is 0 Å². The van der Waals surface area contributed by atoms with Crippen LogP contribution in [0.25, 0.3) is 0 Å². The third kappa shape index (κ3) is 1.68. The van der Waals surface area contributed by atoms with Crippen molar-refractivity contribution in [1.29, 1.82) is 0 Å². The zero-order valence-corrected chi connectivity index (χ0v) is 9.05. The van der Waals surface area contributed by atoms with E-state index in [1.807, 2.05) is 0 Å². The molecule has 0 aromatic heterocycles. The van der Waals surface area contributed by atoms with Gasteiger partial charge in [-0.15, -0.1) is 0 Å². The molecule has 0 saturated carbocycles. The Labute approximate surface area is 94.7 Å². The number of rotatable bonds is 1. The number of halogens is 3. The second kappa shape index (κ2) is 3.46. The maximum atomic E-state index is 12.4. The second-order valence-corrected chi connectivity index (χ2v) is 5.19. The van der Waals surface area contributed by atoms with Gasteiger partial charge in [0.2, 0.25) is 5.91 Å². The van der Waals surface area contributed by atoms with Gasteiger partial charge in [0.05, 0.1) is 12.1 Å². The molecule has 1 amide bonds. The molecule has 1 aliphatic rings. The number of benzene rings is 1. The fourth-order valence-electron chi connectivity index (χ4n) is 1.59. The number of fused-ring (bicyclic) bond motifs is 1. The van der Waals surface area contributed by atoms with Crippen molar-refractivity contribution in [2.75, 3.05) is 4.31 Å². The van der Waals surface area contributed by atoms with Crippen LogP contribution in [0, 0.1) is 0 Å². The van der Waals surface area contributed by atoms with Crippen molar-refractivity contribution >= 4 is 21.6 Å². The fourth-order valence-corrected chi connectivity index (χ4v) is 2.57. The number of alkyl halides is 3. The van der Waals surface area contributed by atoms with Crippen LogP contribution in [0.15, 0.2) is 24.3 Å². The number of hydrogen-bond acceptors (Lipinski definition) is 3. The zero-order chi connectivity index (χ0) is 12.8. The first-order chi connectivity index (χ1) is 7.75. The van der Waals surface area contributed by atoms with Crippen LogP contribution in [0.2, 0.25) is 0 Å². The molecule has 0 fully saturated rings. The van der Waals surface area contributed by atoms with E-state index in [4.69, 9.17) is 0 Å². The molecular weight excluding hydrogens is 259 g/mol. The lowest BCUT2D eigenvalue weighted by Crippen LogP contribution is -2.42. The summed E-state index contributed by atoms with van der Waals surface area (Å²) in [5.74, 6) is -1.09. The highest BCUT2D eigenvalue weighted by Gasteiger charge is 2.54. The highest BCUT2D eigenvalue weighted by Crippen LogP contribution is 2.36. The molecule has 0 saturated heterocycles. The normalized spacial score (nSPS) is 16.2. The van der Waals surface area contributed by atoms with Gasteiger partial charge < -0.3 is 0 Å². The largest absolute Gasteiger partial charge is 0.517 e. The summed E-state index contributed by atoms with van der Waals surface area (Å²) < 4.78 is 59.3. The lowest BCUT2D eigenvalue weighted by molar-refractivity contribution is -0.116. The maximum absolute atomic E-state index is 12.4. The van der Waals surface area contributed by atoms with Crippen molar-refractivity contribution < 1.29 is 26.4 Å². The van der Waals surface area contributed by atoms with Gasteiger partial charge in [0.15, 0.2) is 0 Å². The highest BCUT2D eigenvalue weighted by molar-refractivity contribution is 7.94. The number of carbonyl (C=O) groups excluding carboxylic acids is 1. The third-order valence-electron chi connectivity index (χ3n) is 2.31. The molecule has 4 nitrogen and oxygen atoms in total. The molecule has 2 rings (SSSR count). The standard InChI is InChI=1S/C9H6F3NO3S/c10-9(11,12)17(15,16)13-7-4-2-1-3-6(7)5-8(13)14/h1-4H,5H2. The Morgan fingerprint density at radius 1 is 1.18 bits per heavy atom. The van der Waals surface area contributed by atoms with E-state index in [-0.39, 0.29) is 22.0 Å². The molecule has 0 unspecified atom stereocenters. The smallest absolute Gasteiger partial charge is 0.273 e. The van der Waals surface area contributed by atoms with E-state index in [1.54, 1.807) is 0 Å². The highest BCUT2D eigenvalue weighted by atomic mass is 32.2. The lowest BCUT2D eigenvalue weighted by atomic mass is 10.2. The minimum Gasteiger partial charge on any atom is -0.273 e. The summed E-state index contributed by atoms with van der Waals surface area (Å²) in [6.45, 7) is 0. The van der Waals surface area contributed by atoms with Gasteiger partial charge in [-0.2, -0.15) is 25.9 Å². The molecule has 0 bridgehead atoms. The Balaban J connectivity index is 2.59. The second-order valence-electron chi connectivity index (χ2n) is 3.41. The topological polar surface area (TPSA) is 54.5 Å². The van der Waals surface area contributed by atoms with Crippen LogP contribution in [0.1, 0.15) is 5.56 Å². The molecule has 8 heteroatoms. The number of sulfonamides is 1. The van der Waals surface area contributed by atoms with Crippen LogP contribution >= 0.6 is 0 Å². The number of carbonyl (C=O) groups is 1. The van der Waals surface area contributed by atoms with Gasteiger partial charge in [-0.05, 0) is 11.6 Å². The van der Waals surface area contributed by atoms with E-state index < -0.39 is 21.4 Å². The molecular formula is C9H6F3NO3S. The van der Waals surface area contributed by atoms with Crippen molar-refractivity contribution in [3.05, 3.63) is 29.8 Å². The van der Waals surface area contributed by atoms with Gasteiger partial charge in [-0.25, -0.2) is 0 Å². The maximum Gasteiger partial charge on any atom is 0.517 e. The number of para-hydroxylation sites is 1. The van der Waals surface area contributed by atoms with E-state index in [1.165, 1.54) is 24.3 Å². The quantitative estimate of drug-likeness (QED) is 0.771. The number of amides is 1. The zero-order valence-electron chi connectivity index (χ0n) is 8.23. The lowest BCUT2D eigenvalue weighted by Gasteiger charge is -2.18. The predicted molar refractivity (Wildman–Crippen MR) is 52.6 cm³/mol. The molecule has 17 heavy (non-hydrogen) atoms. The summed E-state index contributed by atoms with van der Waals surface area (Å²) in [6.07, 6.45) is -0.342. The Kier molecular flexibility index (Phi) is 2.42. The van der Waals surface area contributed by atoms with Crippen LogP contribution in [0.5, 0.6) is 0 Å². The van der Waals surface area contributed by atoms with Crippen molar-refractivity contribution in [3.8, 4) is 0 Å². The van der Waals surface area contributed by atoms with Gasteiger partial charge in [0.1, 0.15) is 0 Å². The molecule has 1 aromatic rings. The monoisotopic (exact) mass is 265 g/mol. The molecule has 0 radical (unpaired) electrons. The average molecular weight is 265 g/mol.